The highest BCUT2D eigenvalue weighted by Gasteiger charge is 2.19. The molecule has 0 aliphatic heterocycles. The largest absolute Gasteiger partial charge is 0.497 e. The maximum Gasteiger partial charge on any atom is 0.261 e. The van der Waals surface area contributed by atoms with Crippen molar-refractivity contribution in [2.75, 3.05) is 18.6 Å². The van der Waals surface area contributed by atoms with Crippen molar-refractivity contribution in [3.8, 4) is 5.75 Å². The Labute approximate surface area is 147 Å². The molecular weight excluding hydrogens is 314 g/mol. The smallest absolute Gasteiger partial charge is 0.261 e. The lowest BCUT2D eigenvalue weighted by atomic mass is 10.1. The number of hydrogen-bond donors (Lipinski definition) is 0. The summed E-state index contributed by atoms with van der Waals surface area (Å²) in [6.45, 7) is 0.587. The number of aromatic nitrogens is 2. The van der Waals surface area contributed by atoms with Gasteiger partial charge in [-0.25, -0.2) is 0 Å². The standard InChI is InChI=1S/C20H21N3O2/c1-22-15-17(14-21-22)20(24)23(13-12-16-6-4-3-5-7-16)18-8-10-19(25-2)11-9-18/h3-11,14-15H,12-13H2,1-2H3. The second-order valence-electron chi connectivity index (χ2n) is 5.79. The van der Waals surface area contributed by atoms with Gasteiger partial charge < -0.3 is 9.64 Å². The van der Waals surface area contributed by atoms with Crippen LogP contribution >= 0.6 is 0 Å². The van der Waals surface area contributed by atoms with Gasteiger partial charge in [0.2, 0.25) is 0 Å². The molecule has 1 amide bonds. The minimum atomic E-state index is -0.0609. The van der Waals surface area contributed by atoms with E-state index < -0.39 is 0 Å². The third kappa shape index (κ3) is 4.07. The second-order valence-corrected chi connectivity index (χ2v) is 5.79. The van der Waals surface area contributed by atoms with Crippen molar-refractivity contribution < 1.29 is 9.53 Å². The molecule has 0 spiro atoms. The fraction of sp³-hybridized carbons (Fsp3) is 0.200. The van der Waals surface area contributed by atoms with Crippen molar-refractivity contribution >= 4 is 11.6 Å². The Hall–Kier alpha value is -3.08. The van der Waals surface area contributed by atoms with Gasteiger partial charge in [0.1, 0.15) is 5.75 Å². The van der Waals surface area contributed by atoms with Crippen LogP contribution in [0.4, 0.5) is 5.69 Å². The molecular formula is C20H21N3O2. The van der Waals surface area contributed by atoms with E-state index in [0.717, 1.165) is 17.9 Å². The number of hydrogen-bond acceptors (Lipinski definition) is 3. The van der Waals surface area contributed by atoms with E-state index in [1.54, 1.807) is 36.1 Å². The van der Waals surface area contributed by atoms with Gasteiger partial charge in [0.25, 0.3) is 5.91 Å². The summed E-state index contributed by atoms with van der Waals surface area (Å²) < 4.78 is 6.85. The minimum Gasteiger partial charge on any atom is -0.497 e. The number of ether oxygens (including phenoxy) is 1. The van der Waals surface area contributed by atoms with Crippen LogP contribution in [0.5, 0.6) is 5.75 Å². The third-order valence-electron chi connectivity index (χ3n) is 4.05. The van der Waals surface area contributed by atoms with Gasteiger partial charge in [-0.3, -0.25) is 9.48 Å². The Morgan fingerprint density at radius 2 is 1.84 bits per heavy atom. The Balaban J connectivity index is 1.85. The van der Waals surface area contributed by atoms with Crippen molar-refractivity contribution in [3.05, 3.63) is 78.1 Å². The van der Waals surface area contributed by atoms with E-state index in [4.69, 9.17) is 4.74 Å². The highest BCUT2D eigenvalue weighted by molar-refractivity contribution is 6.05. The molecule has 0 aliphatic rings. The molecule has 3 aromatic rings. The Morgan fingerprint density at radius 3 is 2.44 bits per heavy atom. The second kappa shape index (κ2) is 7.66. The highest BCUT2D eigenvalue weighted by Crippen LogP contribution is 2.21. The van der Waals surface area contributed by atoms with Crippen molar-refractivity contribution in [2.24, 2.45) is 7.05 Å². The predicted octanol–water partition coefficient (Wildman–Crippen LogP) is 3.32. The van der Waals surface area contributed by atoms with Crippen LogP contribution in [0.25, 0.3) is 0 Å². The van der Waals surface area contributed by atoms with Gasteiger partial charge >= 0.3 is 0 Å². The summed E-state index contributed by atoms with van der Waals surface area (Å²) in [6, 6.07) is 17.7. The lowest BCUT2D eigenvalue weighted by molar-refractivity contribution is 0.0987. The first-order chi connectivity index (χ1) is 12.2. The zero-order valence-electron chi connectivity index (χ0n) is 14.4. The molecule has 0 aliphatic carbocycles. The molecule has 25 heavy (non-hydrogen) atoms. The van der Waals surface area contributed by atoms with Crippen LogP contribution in [0.3, 0.4) is 0 Å². The van der Waals surface area contributed by atoms with E-state index in [9.17, 15) is 4.79 Å². The molecule has 0 N–H and O–H groups in total. The molecule has 3 rings (SSSR count). The number of aryl methyl sites for hydroxylation is 1. The van der Waals surface area contributed by atoms with Crippen molar-refractivity contribution in [3.63, 3.8) is 0 Å². The average Bonchev–Trinajstić information content (AvgIpc) is 3.09. The number of methoxy groups -OCH3 is 1. The monoisotopic (exact) mass is 335 g/mol. The van der Waals surface area contributed by atoms with Crippen LogP contribution in [0, 0.1) is 0 Å². The normalized spacial score (nSPS) is 10.5. The zero-order chi connectivity index (χ0) is 17.6. The number of rotatable bonds is 6. The van der Waals surface area contributed by atoms with Gasteiger partial charge in [0.05, 0.1) is 18.9 Å². The summed E-state index contributed by atoms with van der Waals surface area (Å²) in [5.41, 5.74) is 2.61. The summed E-state index contributed by atoms with van der Waals surface area (Å²) in [5, 5.41) is 4.11. The maximum absolute atomic E-state index is 13.0. The van der Waals surface area contributed by atoms with Crippen LogP contribution in [0.15, 0.2) is 67.0 Å². The summed E-state index contributed by atoms with van der Waals surface area (Å²) in [4.78, 5) is 14.8. The SMILES string of the molecule is COc1ccc(N(CCc2ccccc2)C(=O)c2cnn(C)c2)cc1. The summed E-state index contributed by atoms with van der Waals surface area (Å²) >= 11 is 0. The van der Waals surface area contributed by atoms with Gasteiger partial charge in [-0.05, 0) is 36.2 Å². The lowest BCUT2D eigenvalue weighted by Crippen LogP contribution is -2.32. The van der Waals surface area contributed by atoms with Gasteiger partial charge in [-0.2, -0.15) is 5.10 Å². The third-order valence-corrected chi connectivity index (χ3v) is 4.05. The van der Waals surface area contributed by atoms with E-state index in [1.807, 2.05) is 42.5 Å². The fourth-order valence-electron chi connectivity index (χ4n) is 2.68. The van der Waals surface area contributed by atoms with E-state index in [0.29, 0.717) is 12.1 Å². The van der Waals surface area contributed by atoms with Crippen LogP contribution in [0.1, 0.15) is 15.9 Å². The highest BCUT2D eigenvalue weighted by atomic mass is 16.5. The Morgan fingerprint density at radius 1 is 1.12 bits per heavy atom. The lowest BCUT2D eigenvalue weighted by Gasteiger charge is -2.22. The Bertz CT molecular complexity index is 826. The van der Waals surface area contributed by atoms with Gasteiger partial charge in [0.15, 0.2) is 0 Å². The number of carbonyl (C=O) groups is 1. The molecule has 0 fully saturated rings. The zero-order valence-corrected chi connectivity index (χ0v) is 14.4. The number of nitrogens with zero attached hydrogens (tertiary/aromatic N) is 3. The van der Waals surface area contributed by atoms with E-state index in [2.05, 4.69) is 17.2 Å². The number of amides is 1. The number of anilines is 1. The van der Waals surface area contributed by atoms with Crippen molar-refractivity contribution in [2.45, 2.75) is 6.42 Å². The van der Waals surface area contributed by atoms with Crippen molar-refractivity contribution in [1.82, 2.24) is 9.78 Å². The van der Waals surface area contributed by atoms with Gasteiger partial charge in [0, 0.05) is 25.5 Å². The van der Waals surface area contributed by atoms with Gasteiger partial charge in [-0.1, -0.05) is 30.3 Å². The first kappa shape index (κ1) is 16.8. The number of carbonyl (C=O) groups excluding carboxylic acids is 1. The molecule has 0 bridgehead atoms. The molecule has 1 aromatic heterocycles. The van der Waals surface area contributed by atoms with Crippen LogP contribution in [0.2, 0.25) is 0 Å². The average molecular weight is 335 g/mol. The minimum absolute atomic E-state index is 0.0609. The fourth-order valence-corrected chi connectivity index (χ4v) is 2.68. The van der Waals surface area contributed by atoms with Crippen molar-refractivity contribution in [1.29, 1.82) is 0 Å². The molecule has 0 saturated carbocycles. The topological polar surface area (TPSA) is 47.4 Å². The number of benzene rings is 2. The van der Waals surface area contributed by atoms with Crippen LogP contribution < -0.4 is 9.64 Å². The first-order valence-electron chi connectivity index (χ1n) is 8.16. The van der Waals surface area contributed by atoms with E-state index >= 15 is 0 Å². The molecule has 0 unspecified atom stereocenters. The molecule has 0 radical (unpaired) electrons. The quantitative estimate of drug-likeness (QED) is 0.694. The van der Waals surface area contributed by atoms with E-state index in [1.165, 1.54) is 5.56 Å². The van der Waals surface area contributed by atoms with Crippen LogP contribution in [-0.2, 0) is 13.5 Å². The first-order valence-corrected chi connectivity index (χ1v) is 8.16. The molecule has 0 saturated heterocycles. The summed E-state index contributed by atoms with van der Waals surface area (Å²) in [7, 11) is 3.43. The van der Waals surface area contributed by atoms with Gasteiger partial charge in [-0.15, -0.1) is 0 Å². The summed E-state index contributed by atoms with van der Waals surface area (Å²) in [6.07, 6.45) is 4.11. The van der Waals surface area contributed by atoms with E-state index in [-0.39, 0.29) is 5.91 Å². The molecule has 5 nitrogen and oxygen atoms in total. The predicted molar refractivity (Wildman–Crippen MR) is 98.0 cm³/mol. The maximum atomic E-state index is 13.0. The molecule has 2 aromatic carbocycles. The molecule has 0 atom stereocenters. The van der Waals surface area contributed by atoms with Crippen LogP contribution in [-0.4, -0.2) is 29.3 Å². The molecule has 1 heterocycles. The Kier molecular flexibility index (Phi) is 5.14. The molecule has 128 valence electrons. The molecule has 5 heteroatoms. The summed E-state index contributed by atoms with van der Waals surface area (Å²) in [5.74, 6) is 0.704.